The lowest BCUT2D eigenvalue weighted by Gasteiger charge is -2.08. The molecule has 5 nitrogen and oxygen atoms in total. The van der Waals surface area contributed by atoms with E-state index in [2.05, 4.69) is 10.4 Å². The van der Waals surface area contributed by atoms with Gasteiger partial charge >= 0.3 is 0 Å². The van der Waals surface area contributed by atoms with Crippen LogP contribution in [0.2, 0.25) is 0 Å². The minimum atomic E-state index is -0.109. The van der Waals surface area contributed by atoms with Crippen molar-refractivity contribution in [3.8, 4) is 17.2 Å². The van der Waals surface area contributed by atoms with Crippen LogP contribution in [0.15, 0.2) is 60.9 Å². The smallest absolute Gasteiger partial charge is 0.157 e. The molecule has 0 spiro atoms. The molecule has 0 bridgehead atoms. The third kappa shape index (κ3) is 2.97. The largest absolute Gasteiger partial charge is 0.504 e. The molecule has 1 heterocycles. The Hall–Kier alpha value is -2.95. The zero-order valence-electron chi connectivity index (χ0n) is 11.3. The van der Waals surface area contributed by atoms with Gasteiger partial charge in [0, 0.05) is 24.6 Å². The van der Waals surface area contributed by atoms with Crippen LogP contribution in [0.1, 0.15) is 5.56 Å². The number of rotatable bonds is 4. The molecular weight excluding hydrogens is 266 g/mol. The number of hydrogen-bond acceptors (Lipinski definition) is 4. The van der Waals surface area contributed by atoms with Gasteiger partial charge in [0.1, 0.15) is 0 Å². The summed E-state index contributed by atoms with van der Waals surface area (Å²) in [5, 5.41) is 26.2. The summed E-state index contributed by atoms with van der Waals surface area (Å²) in [5.41, 5.74) is 2.85. The van der Waals surface area contributed by atoms with Crippen molar-refractivity contribution in [2.75, 3.05) is 5.32 Å². The highest BCUT2D eigenvalue weighted by Gasteiger charge is 2.01. The van der Waals surface area contributed by atoms with Gasteiger partial charge in [-0.3, -0.25) is 0 Å². The molecule has 0 radical (unpaired) electrons. The quantitative estimate of drug-likeness (QED) is 0.643. The predicted octanol–water partition coefficient (Wildman–Crippen LogP) is 2.90. The van der Waals surface area contributed by atoms with Gasteiger partial charge in [-0.15, -0.1) is 0 Å². The van der Waals surface area contributed by atoms with Crippen molar-refractivity contribution in [2.24, 2.45) is 0 Å². The fraction of sp³-hybridized carbons (Fsp3) is 0.0625. The number of aromatic nitrogens is 2. The van der Waals surface area contributed by atoms with Gasteiger partial charge in [0.2, 0.25) is 0 Å². The normalized spacial score (nSPS) is 10.5. The lowest BCUT2D eigenvalue weighted by Crippen LogP contribution is -2.00. The maximum atomic E-state index is 9.45. The van der Waals surface area contributed by atoms with Crippen LogP contribution >= 0.6 is 0 Å². The van der Waals surface area contributed by atoms with Crippen LogP contribution in [-0.2, 0) is 6.54 Å². The van der Waals surface area contributed by atoms with E-state index in [1.807, 2.05) is 36.5 Å². The number of benzene rings is 2. The first-order valence-corrected chi connectivity index (χ1v) is 6.57. The molecule has 0 aliphatic rings. The molecule has 2 aromatic carbocycles. The summed E-state index contributed by atoms with van der Waals surface area (Å²) in [6.07, 6.45) is 3.63. The van der Waals surface area contributed by atoms with Crippen LogP contribution < -0.4 is 5.32 Å². The Morgan fingerprint density at radius 3 is 2.48 bits per heavy atom. The molecule has 0 aliphatic heterocycles. The number of anilines is 1. The third-order valence-corrected chi connectivity index (χ3v) is 3.17. The van der Waals surface area contributed by atoms with E-state index in [0.29, 0.717) is 6.54 Å². The highest BCUT2D eigenvalue weighted by Crippen LogP contribution is 2.25. The molecule has 0 fully saturated rings. The van der Waals surface area contributed by atoms with Crippen LogP contribution in [-0.4, -0.2) is 20.0 Å². The maximum Gasteiger partial charge on any atom is 0.157 e. The second-order valence-electron chi connectivity index (χ2n) is 4.67. The van der Waals surface area contributed by atoms with E-state index in [0.717, 1.165) is 16.9 Å². The SMILES string of the molecule is Oc1ccc(CNc2ccc(-n3cccn3)cc2)cc1O. The monoisotopic (exact) mass is 281 g/mol. The van der Waals surface area contributed by atoms with Gasteiger partial charge in [-0.1, -0.05) is 6.07 Å². The fourth-order valence-electron chi connectivity index (χ4n) is 2.04. The molecule has 0 aliphatic carbocycles. The molecule has 21 heavy (non-hydrogen) atoms. The molecule has 3 N–H and O–H groups in total. The van der Waals surface area contributed by atoms with Gasteiger partial charge in [0.25, 0.3) is 0 Å². The number of hydrogen-bond donors (Lipinski definition) is 3. The van der Waals surface area contributed by atoms with Gasteiger partial charge in [-0.2, -0.15) is 5.10 Å². The van der Waals surface area contributed by atoms with Crippen molar-refractivity contribution in [1.29, 1.82) is 0 Å². The molecule has 0 atom stereocenters. The molecular formula is C16H15N3O2. The lowest BCUT2D eigenvalue weighted by atomic mass is 10.2. The molecule has 3 aromatic rings. The Bertz CT molecular complexity index is 722. The number of phenols is 2. The topological polar surface area (TPSA) is 70.3 Å². The first-order chi connectivity index (χ1) is 10.2. The van der Waals surface area contributed by atoms with Gasteiger partial charge in [0.05, 0.1) is 5.69 Å². The number of aromatic hydroxyl groups is 2. The average molecular weight is 281 g/mol. The molecule has 106 valence electrons. The highest BCUT2D eigenvalue weighted by molar-refractivity contribution is 5.49. The molecule has 0 unspecified atom stereocenters. The van der Waals surface area contributed by atoms with E-state index in [1.54, 1.807) is 23.0 Å². The molecule has 5 heteroatoms. The van der Waals surface area contributed by atoms with Crippen LogP contribution in [0.25, 0.3) is 5.69 Å². The summed E-state index contributed by atoms with van der Waals surface area (Å²) in [5.74, 6) is -0.217. The van der Waals surface area contributed by atoms with E-state index < -0.39 is 0 Å². The average Bonchev–Trinajstić information content (AvgIpc) is 3.03. The number of nitrogens with one attached hydrogen (secondary N) is 1. The van der Waals surface area contributed by atoms with E-state index in [-0.39, 0.29) is 11.5 Å². The molecule has 1 aromatic heterocycles. The minimum absolute atomic E-state index is 0.108. The van der Waals surface area contributed by atoms with Crippen LogP contribution in [0.3, 0.4) is 0 Å². The van der Waals surface area contributed by atoms with Crippen molar-refractivity contribution < 1.29 is 10.2 Å². The summed E-state index contributed by atoms with van der Waals surface area (Å²) in [6, 6.07) is 14.6. The fourth-order valence-corrected chi connectivity index (χ4v) is 2.04. The van der Waals surface area contributed by atoms with E-state index in [4.69, 9.17) is 0 Å². The Morgan fingerprint density at radius 2 is 1.81 bits per heavy atom. The third-order valence-electron chi connectivity index (χ3n) is 3.17. The summed E-state index contributed by atoms with van der Waals surface area (Å²) in [6.45, 7) is 0.564. The van der Waals surface area contributed by atoms with E-state index >= 15 is 0 Å². The van der Waals surface area contributed by atoms with Crippen molar-refractivity contribution in [3.05, 3.63) is 66.5 Å². The Labute approximate surface area is 122 Å². The lowest BCUT2D eigenvalue weighted by molar-refractivity contribution is 0.403. The second kappa shape index (κ2) is 5.58. The van der Waals surface area contributed by atoms with Crippen LogP contribution in [0, 0.1) is 0 Å². The first kappa shape index (κ1) is 13.1. The van der Waals surface area contributed by atoms with Crippen molar-refractivity contribution in [3.63, 3.8) is 0 Å². The van der Waals surface area contributed by atoms with Crippen LogP contribution in [0.5, 0.6) is 11.5 Å². The van der Waals surface area contributed by atoms with Crippen LogP contribution in [0.4, 0.5) is 5.69 Å². The van der Waals surface area contributed by atoms with E-state index in [9.17, 15) is 10.2 Å². The van der Waals surface area contributed by atoms with Crippen molar-refractivity contribution in [2.45, 2.75) is 6.54 Å². The Kier molecular flexibility index (Phi) is 3.47. The van der Waals surface area contributed by atoms with Crippen molar-refractivity contribution >= 4 is 5.69 Å². The zero-order chi connectivity index (χ0) is 14.7. The van der Waals surface area contributed by atoms with Crippen molar-refractivity contribution in [1.82, 2.24) is 9.78 Å². The predicted molar refractivity (Wildman–Crippen MR) is 80.7 cm³/mol. The number of nitrogens with zero attached hydrogens (tertiary/aromatic N) is 2. The Morgan fingerprint density at radius 1 is 1.00 bits per heavy atom. The summed E-state index contributed by atoms with van der Waals surface area (Å²) < 4.78 is 1.79. The molecule has 0 saturated heterocycles. The summed E-state index contributed by atoms with van der Waals surface area (Å²) in [4.78, 5) is 0. The zero-order valence-corrected chi connectivity index (χ0v) is 11.3. The standard InChI is InChI=1S/C16H15N3O2/c20-15-7-2-12(10-16(15)21)11-17-13-3-5-14(6-4-13)19-9-1-8-18-19/h1-10,17,20-21H,11H2. The minimum Gasteiger partial charge on any atom is -0.504 e. The number of phenolic OH excluding ortho intramolecular Hbond substituents is 2. The first-order valence-electron chi connectivity index (χ1n) is 6.57. The maximum absolute atomic E-state index is 9.45. The van der Waals surface area contributed by atoms with E-state index in [1.165, 1.54) is 6.07 Å². The highest BCUT2D eigenvalue weighted by atomic mass is 16.3. The molecule has 0 amide bonds. The Balaban J connectivity index is 1.66. The molecule has 0 saturated carbocycles. The second-order valence-corrected chi connectivity index (χ2v) is 4.67. The summed E-state index contributed by atoms with van der Waals surface area (Å²) in [7, 11) is 0. The summed E-state index contributed by atoms with van der Waals surface area (Å²) >= 11 is 0. The van der Waals surface area contributed by atoms with Gasteiger partial charge in [-0.25, -0.2) is 4.68 Å². The van der Waals surface area contributed by atoms with Gasteiger partial charge in [-0.05, 0) is 48.0 Å². The molecule has 3 rings (SSSR count). The van der Waals surface area contributed by atoms with Gasteiger partial charge in [0.15, 0.2) is 11.5 Å². The van der Waals surface area contributed by atoms with Gasteiger partial charge < -0.3 is 15.5 Å².